The molecule has 0 heterocycles. The van der Waals surface area contributed by atoms with Crippen LogP contribution in [0, 0.1) is 0 Å². The second kappa shape index (κ2) is 6.39. The number of carbonyl (C=O) groups excluding carboxylic acids is 1. The van der Waals surface area contributed by atoms with E-state index < -0.39 is 11.9 Å². The molecule has 0 aliphatic rings. The van der Waals surface area contributed by atoms with E-state index in [0.29, 0.717) is 24.2 Å². The van der Waals surface area contributed by atoms with Crippen LogP contribution < -0.4 is 0 Å². The monoisotopic (exact) mass is 300 g/mol. The fourth-order valence-corrected chi connectivity index (χ4v) is 2.01. The van der Waals surface area contributed by atoms with Crippen LogP contribution in [0.1, 0.15) is 29.3 Å². The molecule has 0 unspecified atom stereocenters. The normalized spacial score (nSPS) is 10.0. The summed E-state index contributed by atoms with van der Waals surface area (Å²) in [6.07, 6.45) is 0.278. The molecular weight excluding hydrogens is 288 g/mol. The molecule has 0 atom stereocenters. The highest BCUT2D eigenvalue weighted by Gasteiger charge is 2.15. The van der Waals surface area contributed by atoms with Crippen LogP contribution in [0.15, 0.2) is 22.7 Å². The van der Waals surface area contributed by atoms with Crippen molar-refractivity contribution in [2.24, 2.45) is 0 Å². The molecule has 1 rings (SSSR count). The van der Waals surface area contributed by atoms with E-state index in [2.05, 4.69) is 15.9 Å². The molecule has 1 aromatic rings. The van der Waals surface area contributed by atoms with Gasteiger partial charge in [0.2, 0.25) is 0 Å². The van der Waals surface area contributed by atoms with E-state index in [-0.39, 0.29) is 6.42 Å². The van der Waals surface area contributed by atoms with Gasteiger partial charge in [0, 0.05) is 10.9 Å². The summed E-state index contributed by atoms with van der Waals surface area (Å²) in [5.41, 5.74) is 1.09. The number of hydrogen-bond acceptors (Lipinski definition) is 3. The van der Waals surface area contributed by atoms with Crippen LogP contribution in [0.4, 0.5) is 0 Å². The second-order valence-corrected chi connectivity index (χ2v) is 4.23. The first kappa shape index (κ1) is 13.7. The first-order valence-corrected chi connectivity index (χ1v) is 6.01. The molecule has 5 heteroatoms. The first-order chi connectivity index (χ1) is 8.06. The van der Waals surface area contributed by atoms with E-state index in [4.69, 9.17) is 9.84 Å². The van der Waals surface area contributed by atoms with Crippen molar-refractivity contribution in [3.63, 3.8) is 0 Å². The number of hydrogen-bond donors (Lipinski definition) is 1. The minimum atomic E-state index is -0.893. The lowest BCUT2D eigenvalue weighted by atomic mass is 10.0. The molecule has 0 saturated heterocycles. The van der Waals surface area contributed by atoms with Gasteiger partial charge < -0.3 is 9.84 Å². The summed E-state index contributed by atoms with van der Waals surface area (Å²) in [6.45, 7) is 2.02. The molecule has 0 radical (unpaired) electrons. The van der Waals surface area contributed by atoms with Gasteiger partial charge in [-0.1, -0.05) is 22.0 Å². The van der Waals surface area contributed by atoms with Gasteiger partial charge in [0.05, 0.1) is 12.2 Å². The smallest absolute Gasteiger partial charge is 0.338 e. The Morgan fingerprint density at radius 3 is 2.71 bits per heavy atom. The van der Waals surface area contributed by atoms with Crippen LogP contribution in [0.3, 0.4) is 0 Å². The summed E-state index contributed by atoms with van der Waals surface area (Å²) >= 11 is 3.32. The number of halogens is 1. The topological polar surface area (TPSA) is 63.6 Å². The predicted molar refractivity (Wildman–Crippen MR) is 66.1 cm³/mol. The highest BCUT2D eigenvalue weighted by Crippen LogP contribution is 2.23. The molecule has 0 aliphatic heterocycles. The van der Waals surface area contributed by atoms with E-state index in [0.717, 1.165) is 4.47 Å². The molecular formula is C12H13BrO4. The van der Waals surface area contributed by atoms with Crippen molar-refractivity contribution in [1.82, 2.24) is 0 Å². The summed E-state index contributed by atoms with van der Waals surface area (Å²) in [5.74, 6) is -1.32. The number of carboxylic acids is 1. The number of benzene rings is 1. The van der Waals surface area contributed by atoms with E-state index in [1.807, 2.05) is 0 Å². The zero-order chi connectivity index (χ0) is 12.8. The lowest BCUT2D eigenvalue weighted by molar-refractivity contribution is -0.136. The molecule has 0 bridgehead atoms. The second-order valence-electron chi connectivity index (χ2n) is 3.38. The van der Waals surface area contributed by atoms with Crippen LogP contribution in [0.25, 0.3) is 0 Å². The quantitative estimate of drug-likeness (QED) is 0.849. The van der Waals surface area contributed by atoms with Gasteiger partial charge in [-0.3, -0.25) is 4.79 Å². The van der Waals surface area contributed by atoms with Crippen LogP contribution in [-0.4, -0.2) is 23.7 Å². The van der Waals surface area contributed by atoms with Crippen molar-refractivity contribution >= 4 is 27.9 Å². The van der Waals surface area contributed by atoms with Crippen LogP contribution in [-0.2, 0) is 16.0 Å². The standard InChI is InChI=1S/C12H13BrO4/c1-2-17-12(16)9-4-3-5-10(13)8(9)6-7-11(14)15/h3-5H,2,6-7H2,1H3,(H,14,15). The summed E-state index contributed by atoms with van der Waals surface area (Å²) in [6, 6.07) is 5.14. The van der Waals surface area contributed by atoms with Gasteiger partial charge >= 0.3 is 11.9 Å². The highest BCUT2D eigenvalue weighted by atomic mass is 79.9. The summed E-state index contributed by atoms with van der Waals surface area (Å²) in [4.78, 5) is 22.2. The van der Waals surface area contributed by atoms with Crippen LogP contribution >= 0.6 is 15.9 Å². The Morgan fingerprint density at radius 2 is 2.12 bits per heavy atom. The molecule has 0 amide bonds. The van der Waals surface area contributed by atoms with E-state index >= 15 is 0 Å². The average molecular weight is 301 g/mol. The van der Waals surface area contributed by atoms with Gasteiger partial charge in [0.1, 0.15) is 0 Å². The molecule has 0 saturated carbocycles. The predicted octanol–water partition coefficient (Wildman–Crippen LogP) is 2.64. The van der Waals surface area contributed by atoms with Gasteiger partial charge in [0.25, 0.3) is 0 Å². The highest BCUT2D eigenvalue weighted by molar-refractivity contribution is 9.10. The maximum absolute atomic E-state index is 11.7. The van der Waals surface area contributed by atoms with Crippen molar-refractivity contribution < 1.29 is 19.4 Å². The number of ether oxygens (including phenoxy) is 1. The molecule has 1 N–H and O–H groups in total. The number of rotatable bonds is 5. The lowest BCUT2D eigenvalue weighted by Gasteiger charge is -2.09. The maximum atomic E-state index is 11.7. The SMILES string of the molecule is CCOC(=O)c1cccc(Br)c1CCC(=O)O. The zero-order valence-corrected chi connectivity index (χ0v) is 11.0. The molecule has 4 nitrogen and oxygen atoms in total. The minimum Gasteiger partial charge on any atom is -0.481 e. The van der Waals surface area contributed by atoms with Crippen molar-refractivity contribution in [2.75, 3.05) is 6.61 Å². The largest absolute Gasteiger partial charge is 0.481 e. The third-order valence-corrected chi connectivity index (χ3v) is 2.95. The summed E-state index contributed by atoms with van der Waals surface area (Å²) < 4.78 is 5.65. The molecule has 17 heavy (non-hydrogen) atoms. The third kappa shape index (κ3) is 3.85. The Bertz CT molecular complexity index is 429. The molecule has 0 spiro atoms. The van der Waals surface area contributed by atoms with E-state index in [1.54, 1.807) is 25.1 Å². The molecule has 0 aromatic heterocycles. The fourth-order valence-electron chi connectivity index (χ4n) is 1.44. The van der Waals surface area contributed by atoms with Gasteiger partial charge in [-0.15, -0.1) is 0 Å². The zero-order valence-electron chi connectivity index (χ0n) is 9.40. The van der Waals surface area contributed by atoms with Gasteiger partial charge in [-0.25, -0.2) is 4.79 Å². The Kier molecular flexibility index (Phi) is 5.15. The van der Waals surface area contributed by atoms with Crippen molar-refractivity contribution in [2.45, 2.75) is 19.8 Å². The van der Waals surface area contributed by atoms with Crippen LogP contribution in [0.5, 0.6) is 0 Å². The minimum absolute atomic E-state index is 0.0188. The van der Waals surface area contributed by atoms with Crippen molar-refractivity contribution in [3.8, 4) is 0 Å². The molecule has 0 fully saturated rings. The Hall–Kier alpha value is -1.36. The van der Waals surface area contributed by atoms with Gasteiger partial charge in [-0.05, 0) is 31.0 Å². The summed E-state index contributed by atoms with van der Waals surface area (Å²) in [7, 11) is 0. The number of aliphatic carboxylic acids is 1. The Labute approximate surface area is 108 Å². The van der Waals surface area contributed by atoms with E-state index in [1.165, 1.54) is 0 Å². The molecule has 92 valence electrons. The average Bonchev–Trinajstić information content (AvgIpc) is 2.27. The summed E-state index contributed by atoms with van der Waals surface area (Å²) in [5, 5.41) is 8.67. The van der Waals surface area contributed by atoms with Crippen molar-refractivity contribution in [1.29, 1.82) is 0 Å². The van der Waals surface area contributed by atoms with Gasteiger partial charge in [0.15, 0.2) is 0 Å². The number of esters is 1. The van der Waals surface area contributed by atoms with Crippen molar-refractivity contribution in [3.05, 3.63) is 33.8 Å². The van der Waals surface area contributed by atoms with Gasteiger partial charge in [-0.2, -0.15) is 0 Å². The Balaban J connectivity index is 2.99. The third-order valence-electron chi connectivity index (χ3n) is 2.20. The maximum Gasteiger partial charge on any atom is 0.338 e. The number of carboxylic acid groups (broad SMARTS) is 1. The molecule has 1 aromatic carbocycles. The number of carbonyl (C=O) groups is 2. The Morgan fingerprint density at radius 1 is 1.41 bits per heavy atom. The van der Waals surface area contributed by atoms with E-state index in [9.17, 15) is 9.59 Å². The molecule has 0 aliphatic carbocycles. The first-order valence-electron chi connectivity index (χ1n) is 5.22. The fraction of sp³-hybridized carbons (Fsp3) is 0.333. The lowest BCUT2D eigenvalue weighted by Crippen LogP contribution is -2.10. The van der Waals surface area contributed by atoms with Crippen LogP contribution in [0.2, 0.25) is 0 Å².